The van der Waals surface area contributed by atoms with Gasteiger partial charge in [-0.2, -0.15) is 13.2 Å². The Morgan fingerprint density at radius 3 is 2.42 bits per heavy atom. The van der Waals surface area contributed by atoms with Gasteiger partial charge in [0.05, 0.1) is 17.3 Å². The molecular formula is C12H6F4N2O. The second kappa shape index (κ2) is 4.75. The first-order valence-electron chi connectivity index (χ1n) is 5.07. The lowest BCUT2D eigenvalue weighted by atomic mass is 10.0. The number of halogens is 4. The molecule has 0 aliphatic rings. The number of carbonyl (C=O) groups is 1. The number of carbonyl (C=O) groups excluding carboxylic acids is 1. The molecule has 0 atom stereocenters. The molecule has 2 heterocycles. The van der Waals surface area contributed by atoms with Gasteiger partial charge in [0.25, 0.3) is 0 Å². The van der Waals surface area contributed by atoms with Crippen LogP contribution in [-0.4, -0.2) is 15.8 Å². The molecule has 7 heteroatoms. The number of pyridine rings is 2. The number of hydrogen-bond donors (Lipinski definition) is 0. The standard InChI is InChI=1S/C12H6F4N2O/c13-7-1-2-10(18-5-7)11(19)8-6-17-4-3-9(8)12(14,15)16/h1-6H. The number of alkyl halides is 3. The highest BCUT2D eigenvalue weighted by atomic mass is 19.4. The van der Waals surface area contributed by atoms with Crippen molar-refractivity contribution in [3.63, 3.8) is 0 Å². The summed E-state index contributed by atoms with van der Waals surface area (Å²) in [5, 5.41) is 0. The summed E-state index contributed by atoms with van der Waals surface area (Å²) in [6.45, 7) is 0. The first-order chi connectivity index (χ1) is 8.89. The molecule has 3 nitrogen and oxygen atoms in total. The Labute approximate surface area is 104 Å². The van der Waals surface area contributed by atoms with Crippen molar-refractivity contribution in [2.24, 2.45) is 0 Å². The fourth-order valence-corrected chi connectivity index (χ4v) is 1.47. The predicted octanol–water partition coefficient (Wildman–Crippen LogP) is 2.87. The molecule has 0 fully saturated rings. The van der Waals surface area contributed by atoms with Crippen molar-refractivity contribution in [3.05, 3.63) is 59.4 Å². The van der Waals surface area contributed by atoms with Gasteiger partial charge in [0, 0.05) is 12.4 Å². The molecule has 0 amide bonds. The van der Waals surface area contributed by atoms with Crippen LogP contribution >= 0.6 is 0 Å². The summed E-state index contributed by atoms with van der Waals surface area (Å²) in [5.41, 5.74) is -1.99. The molecule has 0 aliphatic carbocycles. The highest BCUT2D eigenvalue weighted by molar-refractivity contribution is 6.08. The maximum Gasteiger partial charge on any atom is 0.417 e. The minimum absolute atomic E-state index is 0.278. The SMILES string of the molecule is O=C(c1ccc(F)cn1)c1cnccc1C(F)(F)F. The number of nitrogens with zero attached hydrogens (tertiary/aromatic N) is 2. The second-order valence-corrected chi connectivity index (χ2v) is 3.61. The van der Waals surface area contributed by atoms with Crippen LogP contribution in [0.4, 0.5) is 17.6 Å². The van der Waals surface area contributed by atoms with Gasteiger partial charge in [-0.1, -0.05) is 0 Å². The summed E-state index contributed by atoms with van der Waals surface area (Å²) in [5.74, 6) is -1.64. The molecule has 0 unspecified atom stereocenters. The number of hydrogen-bond acceptors (Lipinski definition) is 3. The average Bonchev–Trinajstić information content (AvgIpc) is 2.38. The highest BCUT2D eigenvalue weighted by Crippen LogP contribution is 2.32. The van der Waals surface area contributed by atoms with E-state index in [9.17, 15) is 22.4 Å². The fourth-order valence-electron chi connectivity index (χ4n) is 1.47. The molecule has 0 aromatic carbocycles. The van der Waals surface area contributed by atoms with E-state index in [0.29, 0.717) is 6.07 Å². The normalized spacial score (nSPS) is 11.4. The van der Waals surface area contributed by atoms with E-state index in [-0.39, 0.29) is 5.69 Å². The first kappa shape index (κ1) is 13.1. The van der Waals surface area contributed by atoms with E-state index in [1.54, 1.807) is 0 Å². The average molecular weight is 270 g/mol. The van der Waals surface area contributed by atoms with Crippen LogP contribution in [0.25, 0.3) is 0 Å². The maximum absolute atomic E-state index is 12.7. The Morgan fingerprint density at radius 2 is 1.84 bits per heavy atom. The Balaban J connectivity index is 2.48. The van der Waals surface area contributed by atoms with Crippen molar-refractivity contribution >= 4 is 5.78 Å². The third-order valence-corrected chi connectivity index (χ3v) is 2.33. The molecule has 0 radical (unpaired) electrons. The van der Waals surface area contributed by atoms with Crippen LogP contribution in [0.15, 0.2) is 36.8 Å². The zero-order valence-corrected chi connectivity index (χ0v) is 9.28. The third kappa shape index (κ3) is 2.75. The molecule has 2 aromatic heterocycles. The van der Waals surface area contributed by atoms with Gasteiger partial charge >= 0.3 is 6.18 Å². The molecule has 19 heavy (non-hydrogen) atoms. The molecule has 98 valence electrons. The van der Waals surface area contributed by atoms with Crippen LogP contribution in [-0.2, 0) is 6.18 Å². The molecule has 0 aliphatic heterocycles. The maximum atomic E-state index is 12.7. The lowest BCUT2D eigenvalue weighted by molar-refractivity contribution is -0.137. The minimum atomic E-state index is -4.67. The van der Waals surface area contributed by atoms with E-state index in [1.165, 1.54) is 0 Å². The highest BCUT2D eigenvalue weighted by Gasteiger charge is 2.35. The zero-order valence-electron chi connectivity index (χ0n) is 9.28. The summed E-state index contributed by atoms with van der Waals surface area (Å²) in [6.07, 6.45) is -2.15. The van der Waals surface area contributed by atoms with Gasteiger partial charge in [-0.3, -0.25) is 9.78 Å². The quantitative estimate of drug-likeness (QED) is 0.622. The van der Waals surface area contributed by atoms with Gasteiger partial charge < -0.3 is 0 Å². The summed E-state index contributed by atoms with van der Waals surface area (Å²) in [7, 11) is 0. The smallest absolute Gasteiger partial charge is 0.287 e. The minimum Gasteiger partial charge on any atom is -0.287 e. The molecule has 0 saturated carbocycles. The first-order valence-corrected chi connectivity index (χ1v) is 5.07. The Kier molecular flexibility index (Phi) is 3.28. The summed E-state index contributed by atoms with van der Waals surface area (Å²) in [6, 6.07) is 2.67. The van der Waals surface area contributed by atoms with Crippen molar-refractivity contribution in [1.82, 2.24) is 9.97 Å². The predicted molar refractivity (Wildman–Crippen MR) is 56.9 cm³/mol. The largest absolute Gasteiger partial charge is 0.417 e. The van der Waals surface area contributed by atoms with E-state index in [4.69, 9.17) is 0 Å². The Bertz CT molecular complexity index is 608. The number of aromatic nitrogens is 2. The molecule has 0 spiro atoms. The number of rotatable bonds is 2. The fraction of sp³-hybridized carbons (Fsp3) is 0.0833. The number of ketones is 1. The molecule has 0 N–H and O–H groups in total. The van der Waals surface area contributed by atoms with Gasteiger partial charge in [0.15, 0.2) is 0 Å². The van der Waals surface area contributed by atoms with Crippen molar-refractivity contribution in [2.75, 3.05) is 0 Å². The van der Waals surface area contributed by atoms with Gasteiger partial charge in [0.1, 0.15) is 11.5 Å². The van der Waals surface area contributed by atoms with E-state index in [2.05, 4.69) is 9.97 Å². The zero-order chi connectivity index (χ0) is 14.0. The molecular weight excluding hydrogens is 264 g/mol. The van der Waals surface area contributed by atoms with E-state index < -0.39 is 28.9 Å². The monoisotopic (exact) mass is 270 g/mol. The molecule has 0 bridgehead atoms. The summed E-state index contributed by atoms with van der Waals surface area (Å²) in [4.78, 5) is 18.9. The van der Waals surface area contributed by atoms with E-state index in [0.717, 1.165) is 30.7 Å². The van der Waals surface area contributed by atoms with Crippen LogP contribution in [0.3, 0.4) is 0 Å². The summed E-state index contributed by atoms with van der Waals surface area (Å²) >= 11 is 0. The Hall–Kier alpha value is -2.31. The van der Waals surface area contributed by atoms with Crippen molar-refractivity contribution in [2.45, 2.75) is 6.18 Å². The van der Waals surface area contributed by atoms with E-state index >= 15 is 0 Å². The Morgan fingerprint density at radius 1 is 1.11 bits per heavy atom. The molecule has 2 rings (SSSR count). The second-order valence-electron chi connectivity index (χ2n) is 3.61. The van der Waals surface area contributed by atoms with Crippen LogP contribution in [0.1, 0.15) is 21.6 Å². The van der Waals surface area contributed by atoms with Crippen LogP contribution < -0.4 is 0 Å². The van der Waals surface area contributed by atoms with Gasteiger partial charge in [0.2, 0.25) is 5.78 Å². The van der Waals surface area contributed by atoms with E-state index in [1.807, 2.05) is 0 Å². The van der Waals surface area contributed by atoms with Gasteiger partial charge in [-0.25, -0.2) is 9.37 Å². The van der Waals surface area contributed by atoms with Gasteiger partial charge in [-0.05, 0) is 18.2 Å². The lowest BCUT2D eigenvalue weighted by Crippen LogP contribution is -2.15. The van der Waals surface area contributed by atoms with Crippen LogP contribution in [0, 0.1) is 5.82 Å². The van der Waals surface area contributed by atoms with Crippen LogP contribution in [0.2, 0.25) is 0 Å². The van der Waals surface area contributed by atoms with Crippen molar-refractivity contribution in [1.29, 1.82) is 0 Å². The van der Waals surface area contributed by atoms with Gasteiger partial charge in [-0.15, -0.1) is 0 Å². The lowest BCUT2D eigenvalue weighted by Gasteiger charge is -2.10. The van der Waals surface area contributed by atoms with Crippen molar-refractivity contribution in [3.8, 4) is 0 Å². The molecule has 0 saturated heterocycles. The van der Waals surface area contributed by atoms with Crippen LogP contribution in [0.5, 0.6) is 0 Å². The molecule has 2 aromatic rings. The van der Waals surface area contributed by atoms with Crippen molar-refractivity contribution < 1.29 is 22.4 Å². The topological polar surface area (TPSA) is 42.9 Å². The third-order valence-electron chi connectivity index (χ3n) is 2.33. The summed E-state index contributed by atoms with van der Waals surface area (Å²) < 4.78 is 50.8.